The van der Waals surface area contributed by atoms with Crippen LogP contribution in [0.1, 0.15) is 17.0 Å². The second-order valence-electron chi connectivity index (χ2n) is 7.01. The fourth-order valence-electron chi connectivity index (χ4n) is 3.45. The molecular formula is C20H13N5O5S2. The first-order valence-corrected chi connectivity index (χ1v) is 11.1. The van der Waals surface area contributed by atoms with E-state index in [1.807, 2.05) is 19.9 Å². The van der Waals surface area contributed by atoms with Crippen LogP contribution in [0.15, 0.2) is 44.5 Å². The fourth-order valence-corrected chi connectivity index (χ4v) is 5.35. The van der Waals surface area contributed by atoms with Crippen LogP contribution in [0.25, 0.3) is 26.7 Å². The Balaban J connectivity index is 1.81. The number of aromatic nitrogens is 3. The monoisotopic (exact) mass is 467 g/mol. The van der Waals surface area contributed by atoms with Gasteiger partial charge in [0, 0.05) is 23.4 Å². The Kier molecular flexibility index (Phi) is 4.75. The van der Waals surface area contributed by atoms with Gasteiger partial charge in [0.15, 0.2) is 0 Å². The summed E-state index contributed by atoms with van der Waals surface area (Å²) in [7, 11) is 0. The van der Waals surface area contributed by atoms with Gasteiger partial charge in [-0.05, 0) is 37.6 Å². The highest BCUT2D eigenvalue weighted by Crippen LogP contribution is 2.38. The second-order valence-corrected chi connectivity index (χ2v) is 8.95. The molecule has 1 aliphatic heterocycles. The molecule has 4 heterocycles. The first-order chi connectivity index (χ1) is 15.3. The topological polar surface area (TPSA) is 133 Å². The predicted octanol–water partition coefficient (Wildman–Crippen LogP) is 3.65. The molecule has 0 aliphatic carbocycles. The number of carbonyl (C=O) groups is 1. The van der Waals surface area contributed by atoms with Gasteiger partial charge in [0.2, 0.25) is 10.8 Å². The number of rotatable bonds is 4. The summed E-state index contributed by atoms with van der Waals surface area (Å²) < 4.78 is 7.71. The van der Waals surface area contributed by atoms with E-state index in [0.717, 1.165) is 23.1 Å². The maximum atomic E-state index is 13.0. The SMILES string of the molecule is Cc1cc(C)n(-c2nc3oc(=O)c(C4=NC(=O)CS4)c(-c4ccc([N+](=O)[O-])cc4)c3s2)n1. The maximum absolute atomic E-state index is 13.0. The Bertz CT molecular complexity index is 1510. The standard InChI is InChI=1S/C20H13N5O5S2/c1-9-7-10(2)24(23-9)20-22-17-16(32-20)14(11-3-5-12(6-4-11)25(28)29)15(19(27)30-17)18-21-13(26)8-31-18/h3-7H,8H2,1-2H3. The first-order valence-electron chi connectivity index (χ1n) is 9.32. The molecule has 32 heavy (non-hydrogen) atoms. The predicted molar refractivity (Wildman–Crippen MR) is 121 cm³/mol. The molecule has 0 radical (unpaired) electrons. The molecule has 12 heteroatoms. The minimum atomic E-state index is -0.683. The minimum Gasteiger partial charge on any atom is -0.402 e. The number of aryl methyl sites for hydroxylation is 2. The molecule has 4 aromatic rings. The van der Waals surface area contributed by atoms with Crippen molar-refractivity contribution in [3.8, 4) is 16.3 Å². The average Bonchev–Trinajstić information content (AvgIpc) is 3.45. The van der Waals surface area contributed by atoms with E-state index in [2.05, 4.69) is 15.1 Å². The van der Waals surface area contributed by atoms with Crippen molar-refractivity contribution in [2.75, 3.05) is 5.75 Å². The van der Waals surface area contributed by atoms with Crippen LogP contribution in [0.4, 0.5) is 5.69 Å². The maximum Gasteiger partial charge on any atom is 0.348 e. The van der Waals surface area contributed by atoms with E-state index < -0.39 is 10.5 Å². The van der Waals surface area contributed by atoms with E-state index in [1.165, 1.54) is 23.5 Å². The quantitative estimate of drug-likeness (QED) is 0.328. The van der Waals surface area contributed by atoms with E-state index >= 15 is 0 Å². The van der Waals surface area contributed by atoms with E-state index in [9.17, 15) is 19.7 Å². The highest BCUT2D eigenvalue weighted by molar-refractivity contribution is 8.15. The summed E-state index contributed by atoms with van der Waals surface area (Å²) in [5.41, 5.74) is 2.20. The molecule has 0 spiro atoms. The largest absolute Gasteiger partial charge is 0.402 e. The number of hydrogen-bond acceptors (Lipinski definition) is 9. The van der Waals surface area contributed by atoms with E-state index in [-0.39, 0.29) is 33.7 Å². The molecule has 0 saturated carbocycles. The number of hydrogen-bond donors (Lipinski definition) is 0. The van der Waals surface area contributed by atoms with Gasteiger partial charge in [-0.1, -0.05) is 23.1 Å². The Morgan fingerprint density at radius 1 is 1.16 bits per heavy atom. The van der Waals surface area contributed by atoms with Crippen LogP contribution in [-0.4, -0.2) is 36.4 Å². The van der Waals surface area contributed by atoms with Crippen LogP contribution in [-0.2, 0) is 4.79 Å². The van der Waals surface area contributed by atoms with Gasteiger partial charge in [-0.2, -0.15) is 10.1 Å². The molecule has 10 nitrogen and oxygen atoms in total. The number of thioether (sulfide) groups is 1. The Hall–Kier alpha value is -3.64. The zero-order valence-electron chi connectivity index (χ0n) is 16.7. The Labute approximate surface area is 187 Å². The second kappa shape index (κ2) is 7.50. The molecule has 160 valence electrons. The molecule has 1 amide bonds. The van der Waals surface area contributed by atoms with E-state index in [0.29, 0.717) is 21.0 Å². The fraction of sp³-hybridized carbons (Fsp3) is 0.150. The number of nitrogens with zero attached hydrogens (tertiary/aromatic N) is 5. The lowest BCUT2D eigenvalue weighted by Gasteiger charge is -2.08. The van der Waals surface area contributed by atoms with Gasteiger partial charge in [0.1, 0.15) is 15.3 Å². The highest BCUT2D eigenvalue weighted by atomic mass is 32.2. The number of non-ortho nitro benzene ring substituents is 1. The third kappa shape index (κ3) is 3.33. The molecule has 1 aliphatic rings. The zero-order valence-corrected chi connectivity index (χ0v) is 18.3. The Morgan fingerprint density at radius 2 is 1.91 bits per heavy atom. The van der Waals surface area contributed by atoms with Crippen LogP contribution in [0.5, 0.6) is 0 Å². The van der Waals surface area contributed by atoms with Crippen LogP contribution >= 0.6 is 23.1 Å². The lowest BCUT2D eigenvalue weighted by molar-refractivity contribution is -0.384. The van der Waals surface area contributed by atoms with E-state index in [1.54, 1.807) is 16.8 Å². The summed E-state index contributed by atoms with van der Waals surface area (Å²) in [4.78, 5) is 43.8. The number of fused-ring (bicyclic) bond motifs is 1. The van der Waals surface area contributed by atoms with Gasteiger partial charge in [0.05, 0.1) is 16.4 Å². The summed E-state index contributed by atoms with van der Waals surface area (Å²) in [6, 6.07) is 7.73. The molecule has 0 fully saturated rings. The molecule has 0 N–H and O–H groups in total. The molecule has 3 aromatic heterocycles. The number of thiazole rings is 1. The third-order valence-electron chi connectivity index (χ3n) is 4.79. The van der Waals surface area contributed by atoms with Crippen LogP contribution < -0.4 is 5.63 Å². The first kappa shape index (κ1) is 20.3. The van der Waals surface area contributed by atoms with Gasteiger partial charge in [-0.15, -0.1) is 0 Å². The van der Waals surface area contributed by atoms with Crippen molar-refractivity contribution in [3.05, 3.63) is 67.8 Å². The van der Waals surface area contributed by atoms with Crippen molar-refractivity contribution in [3.63, 3.8) is 0 Å². The number of carbonyl (C=O) groups excluding carboxylic acids is 1. The van der Waals surface area contributed by atoms with Crippen LogP contribution in [0.3, 0.4) is 0 Å². The molecule has 0 atom stereocenters. The molecule has 0 unspecified atom stereocenters. The van der Waals surface area contributed by atoms with Crippen molar-refractivity contribution < 1.29 is 14.1 Å². The van der Waals surface area contributed by atoms with Crippen molar-refractivity contribution in [1.29, 1.82) is 0 Å². The summed E-state index contributed by atoms with van der Waals surface area (Å²) in [6.45, 7) is 3.75. The number of nitro groups is 1. The van der Waals surface area contributed by atoms with Gasteiger partial charge < -0.3 is 4.42 Å². The van der Waals surface area contributed by atoms with Gasteiger partial charge >= 0.3 is 5.63 Å². The number of amides is 1. The number of benzene rings is 1. The molecule has 0 saturated heterocycles. The minimum absolute atomic E-state index is 0.0788. The molecule has 1 aromatic carbocycles. The van der Waals surface area contributed by atoms with Gasteiger partial charge in [0.25, 0.3) is 11.6 Å². The van der Waals surface area contributed by atoms with Crippen LogP contribution in [0.2, 0.25) is 0 Å². The smallest absolute Gasteiger partial charge is 0.348 e. The van der Waals surface area contributed by atoms with Crippen LogP contribution in [0, 0.1) is 24.0 Å². The lowest BCUT2D eigenvalue weighted by atomic mass is 10.0. The molecule has 0 bridgehead atoms. The summed E-state index contributed by atoms with van der Waals surface area (Å²) in [5, 5.41) is 16.3. The van der Waals surface area contributed by atoms with Crippen molar-refractivity contribution in [2.45, 2.75) is 13.8 Å². The number of aliphatic imine (C=N–C) groups is 1. The van der Waals surface area contributed by atoms with Crippen molar-refractivity contribution in [2.24, 2.45) is 4.99 Å². The third-order valence-corrected chi connectivity index (χ3v) is 6.78. The number of nitro benzene ring substituents is 1. The lowest BCUT2D eigenvalue weighted by Crippen LogP contribution is -2.13. The average molecular weight is 467 g/mol. The normalized spacial score (nSPS) is 13.7. The van der Waals surface area contributed by atoms with E-state index in [4.69, 9.17) is 4.42 Å². The zero-order chi connectivity index (χ0) is 22.6. The highest BCUT2D eigenvalue weighted by Gasteiger charge is 2.28. The molecule has 5 rings (SSSR count). The van der Waals surface area contributed by atoms with Gasteiger partial charge in [-0.25, -0.2) is 14.5 Å². The Morgan fingerprint density at radius 3 is 2.50 bits per heavy atom. The van der Waals surface area contributed by atoms with Crippen molar-refractivity contribution in [1.82, 2.24) is 14.8 Å². The summed E-state index contributed by atoms with van der Waals surface area (Å²) in [5.74, 6) is -0.210. The summed E-state index contributed by atoms with van der Waals surface area (Å²) in [6.07, 6.45) is 0. The van der Waals surface area contributed by atoms with Gasteiger partial charge in [-0.3, -0.25) is 14.9 Å². The molecular weight excluding hydrogens is 454 g/mol. The van der Waals surface area contributed by atoms with Crippen molar-refractivity contribution >= 4 is 50.2 Å². The summed E-state index contributed by atoms with van der Waals surface area (Å²) >= 11 is 2.42.